The minimum absolute atomic E-state index is 0.102. The van der Waals surface area contributed by atoms with Gasteiger partial charge in [0.2, 0.25) is 0 Å². The number of aliphatic imine (C=N–C) groups is 1. The maximum Gasteiger partial charge on any atom is 0.188 e. The van der Waals surface area contributed by atoms with E-state index in [0.29, 0.717) is 24.1 Å². The first kappa shape index (κ1) is 16.8. The van der Waals surface area contributed by atoms with E-state index < -0.39 is 0 Å². The van der Waals surface area contributed by atoms with Crippen molar-refractivity contribution in [1.29, 1.82) is 0 Å². The molecule has 0 aliphatic rings. The zero-order valence-electron chi connectivity index (χ0n) is 12.1. The lowest BCUT2D eigenvalue weighted by Gasteiger charge is -2.17. The minimum Gasteiger partial charge on any atom is -0.383 e. The lowest BCUT2D eigenvalue weighted by atomic mass is 10.1. The van der Waals surface area contributed by atoms with E-state index in [9.17, 15) is 0 Å². The Morgan fingerprint density at radius 2 is 2.10 bits per heavy atom. The van der Waals surface area contributed by atoms with E-state index in [4.69, 9.17) is 26.8 Å². The van der Waals surface area contributed by atoms with E-state index in [-0.39, 0.29) is 12.1 Å². The second kappa shape index (κ2) is 8.79. The molecule has 1 rings (SSSR count). The predicted octanol–water partition coefficient (Wildman–Crippen LogP) is 1.97. The molecule has 0 bridgehead atoms. The highest BCUT2D eigenvalue weighted by Crippen LogP contribution is 2.25. The van der Waals surface area contributed by atoms with Crippen molar-refractivity contribution in [1.82, 2.24) is 5.32 Å². The Morgan fingerprint density at radius 3 is 2.70 bits per heavy atom. The maximum atomic E-state index is 6.15. The molecule has 0 spiro atoms. The van der Waals surface area contributed by atoms with Crippen LogP contribution in [0.3, 0.4) is 0 Å². The van der Waals surface area contributed by atoms with Crippen molar-refractivity contribution in [2.24, 2.45) is 10.7 Å². The minimum atomic E-state index is -0.221. The summed E-state index contributed by atoms with van der Waals surface area (Å²) in [5.74, 6) is 0.364. The van der Waals surface area contributed by atoms with Crippen LogP contribution in [0.1, 0.15) is 18.6 Å². The number of hydrogen-bond donors (Lipinski definition) is 2. The summed E-state index contributed by atoms with van der Waals surface area (Å²) in [5, 5.41) is 3.70. The highest BCUT2D eigenvalue weighted by molar-refractivity contribution is 6.31. The third-order valence-corrected chi connectivity index (χ3v) is 3.12. The highest BCUT2D eigenvalue weighted by atomic mass is 35.5. The molecule has 2 atom stereocenters. The first-order chi connectivity index (χ1) is 9.58. The molecule has 0 radical (unpaired) electrons. The monoisotopic (exact) mass is 299 g/mol. The number of methoxy groups -OCH3 is 2. The SMILES string of the molecule is COCC(C)NC(N)=NCC(OC)c1ccccc1Cl. The molecule has 0 amide bonds. The van der Waals surface area contributed by atoms with E-state index in [0.717, 1.165) is 5.56 Å². The first-order valence-electron chi connectivity index (χ1n) is 6.41. The van der Waals surface area contributed by atoms with Gasteiger partial charge in [-0.1, -0.05) is 29.8 Å². The Bertz CT molecular complexity index is 440. The molecular weight excluding hydrogens is 278 g/mol. The first-order valence-corrected chi connectivity index (χ1v) is 6.78. The molecule has 20 heavy (non-hydrogen) atoms. The Labute approximate surface area is 125 Å². The molecule has 0 aliphatic heterocycles. The lowest BCUT2D eigenvalue weighted by molar-refractivity contribution is 0.111. The van der Waals surface area contributed by atoms with Crippen LogP contribution in [0.5, 0.6) is 0 Å². The largest absolute Gasteiger partial charge is 0.383 e. The van der Waals surface area contributed by atoms with E-state index >= 15 is 0 Å². The number of nitrogens with zero attached hydrogens (tertiary/aromatic N) is 1. The van der Waals surface area contributed by atoms with E-state index in [2.05, 4.69) is 10.3 Å². The van der Waals surface area contributed by atoms with Gasteiger partial charge >= 0.3 is 0 Å². The van der Waals surface area contributed by atoms with Crippen LogP contribution in [-0.2, 0) is 9.47 Å². The summed E-state index contributed by atoms with van der Waals surface area (Å²) in [4.78, 5) is 4.28. The summed E-state index contributed by atoms with van der Waals surface area (Å²) in [6, 6.07) is 7.65. The number of ether oxygens (including phenoxy) is 2. The number of halogens is 1. The number of rotatable bonds is 7. The molecule has 0 saturated carbocycles. The summed E-state index contributed by atoms with van der Waals surface area (Å²) in [6.45, 7) is 2.93. The average Bonchev–Trinajstić information content (AvgIpc) is 2.41. The number of guanidine groups is 1. The second-order valence-corrected chi connectivity index (χ2v) is 4.88. The molecule has 112 valence electrons. The van der Waals surface area contributed by atoms with Gasteiger partial charge in [-0.25, -0.2) is 0 Å². The smallest absolute Gasteiger partial charge is 0.188 e. The van der Waals surface area contributed by atoms with Crippen LogP contribution in [0.4, 0.5) is 0 Å². The Balaban J connectivity index is 2.63. The van der Waals surface area contributed by atoms with Gasteiger partial charge in [0.05, 0.1) is 13.2 Å². The molecule has 1 aromatic rings. The fourth-order valence-electron chi connectivity index (χ4n) is 1.81. The van der Waals surface area contributed by atoms with Gasteiger partial charge in [0.1, 0.15) is 6.10 Å². The van der Waals surface area contributed by atoms with Gasteiger partial charge in [-0.3, -0.25) is 4.99 Å². The molecule has 0 aromatic heterocycles. The molecule has 0 aliphatic carbocycles. The summed E-state index contributed by atoms with van der Waals surface area (Å²) in [5.41, 5.74) is 6.72. The van der Waals surface area contributed by atoms with Crippen LogP contribution in [-0.4, -0.2) is 39.4 Å². The summed E-state index contributed by atoms with van der Waals surface area (Å²) < 4.78 is 10.4. The zero-order chi connectivity index (χ0) is 15.0. The normalized spacial score (nSPS) is 14.9. The van der Waals surface area contributed by atoms with E-state index in [1.807, 2.05) is 31.2 Å². The molecule has 3 N–H and O–H groups in total. The van der Waals surface area contributed by atoms with Crippen LogP contribution < -0.4 is 11.1 Å². The second-order valence-electron chi connectivity index (χ2n) is 4.47. The summed E-state index contributed by atoms with van der Waals surface area (Å²) in [6.07, 6.45) is -0.221. The molecule has 0 saturated heterocycles. The van der Waals surface area contributed by atoms with Gasteiger partial charge in [-0.15, -0.1) is 0 Å². The number of hydrogen-bond acceptors (Lipinski definition) is 3. The predicted molar refractivity (Wildman–Crippen MR) is 82.2 cm³/mol. The summed E-state index contributed by atoms with van der Waals surface area (Å²) in [7, 11) is 3.27. The van der Waals surface area contributed by atoms with E-state index in [1.165, 1.54) is 0 Å². The third kappa shape index (κ3) is 5.36. The van der Waals surface area contributed by atoms with Crippen LogP contribution >= 0.6 is 11.6 Å². The maximum absolute atomic E-state index is 6.15. The molecular formula is C14H22ClN3O2. The van der Waals surface area contributed by atoms with Crippen LogP contribution in [0.25, 0.3) is 0 Å². The quantitative estimate of drug-likeness (QED) is 0.596. The number of nitrogens with one attached hydrogen (secondary N) is 1. The molecule has 5 nitrogen and oxygen atoms in total. The van der Waals surface area contributed by atoms with Gasteiger partial charge in [-0.2, -0.15) is 0 Å². The summed E-state index contributed by atoms with van der Waals surface area (Å²) >= 11 is 6.15. The van der Waals surface area contributed by atoms with Crippen LogP contribution in [0.15, 0.2) is 29.3 Å². The molecule has 0 heterocycles. The van der Waals surface area contributed by atoms with Crippen molar-refractivity contribution in [3.05, 3.63) is 34.9 Å². The molecule has 0 fully saturated rings. The average molecular weight is 300 g/mol. The van der Waals surface area contributed by atoms with Gasteiger partial charge in [0.15, 0.2) is 5.96 Å². The van der Waals surface area contributed by atoms with Gasteiger partial charge in [-0.05, 0) is 13.0 Å². The van der Waals surface area contributed by atoms with Crippen molar-refractivity contribution >= 4 is 17.6 Å². The standard InChI is InChI=1S/C14H22ClN3O2/c1-10(9-19-2)18-14(16)17-8-13(20-3)11-6-4-5-7-12(11)15/h4-7,10,13H,8-9H2,1-3H3,(H3,16,17,18). The zero-order valence-corrected chi connectivity index (χ0v) is 12.9. The Morgan fingerprint density at radius 1 is 1.40 bits per heavy atom. The highest BCUT2D eigenvalue weighted by Gasteiger charge is 2.13. The van der Waals surface area contributed by atoms with Crippen molar-refractivity contribution < 1.29 is 9.47 Å². The third-order valence-electron chi connectivity index (χ3n) is 2.78. The van der Waals surface area contributed by atoms with Crippen molar-refractivity contribution in [2.45, 2.75) is 19.1 Å². The van der Waals surface area contributed by atoms with Gasteiger partial charge < -0.3 is 20.5 Å². The molecule has 2 unspecified atom stereocenters. The molecule has 1 aromatic carbocycles. The topological polar surface area (TPSA) is 68.9 Å². The fourth-order valence-corrected chi connectivity index (χ4v) is 2.06. The van der Waals surface area contributed by atoms with Crippen LogP contribution in [0.2, 0.25) is 5.02 Å². The number of nitrogens with two attached hydrogens (primary N) is 1. The Kier molecular flexibility index (Phi) is 7.36. The van der Waals surface area contributed by atoms with Crippen molar-refractivity contribution in [3.63, 3.8) is 0 Å². The van der Waals surface area contributed by atoms with Crippen molar-refractivity contribution in [3.8, 4) is 0 Å². The Hall–Kier alpha value is -1.30. The van der Waals surface area contributed by atoms with Crippen LogP contribution in [0, 0.1) is 0 Å². The van der Waals surface area contributed by atoms with E-state index in [1.54, 1.807) is 14.2 Å². The van der Waals surface area contributed by atoms with Gasteiger partial charge in [0.25, 0.3) is 0 Å². The fraction of sp³-hybridized carbons (Fsp3) is 0.500. The number of benzene rings is 1. The lowest BCUT2D eigenvalue weighted by Crippen LogP contribution is -2.41. The van der Waals surface area contributed by atoms with Crippen molar-refractivity contribution in [2.75, 3.05) is 27.4 Å². The van der Waals surface area contributed by atoms with Gasteiger partial charge in [0, 0.05) is 30.8 Å². The molecule has 6 heteroatoms.